The average molecular weight is 277 g/mol. The summed E-state index contributed by atoms with van der Waals surface area (Å²) >= 11 is 6.36. The van der Waals surface area contributed by atoms with Crippen molar-refractivity contribution in [2.24, 2.45) is 10.7 Å². The molecule has 0 aromatic heterocycles. The number of benzene rings is 1. The van der Waals surface area contributed by atoms with E-state index < -0.39 is 6.29 Å². The molecule has 0 radical (unpaired) electrons. The Labute approximate surface area is 117 Å². The van der Waals surface area contributed by atoms with Crippen molar-refractivity contribution >= 4 is 23.1 Å². The van der Waals surface area contributed by atoms with E-state index in [0.29, 0.717) is 6.04 Å². The monoisotopic (exact) mass is 276 g/mol. The Morgan fingerprint density at radius 2 is 2.21 bits per heavy atom. The summed E-state index contributed by atoms with van der Waals surface area (Å²) in [5.74, 6) is 0.835. The quantitative estimate of drug-likeness (QED) is 0.774. The summed E-state index contributed by atoms with van der Waals surface area (Å²) in [5.41, 5.74) is 8.84. The van der Waals surface area contributed by atoms with Crippen LogP contribution in [0.1, 0.15) is 24.0 Å². The highest BCUT2D eigenvalue weighted by atomic mass is 35.5. The lowest BCUT2D eigenvalue weighted by Gasteiger charge is -2.22. The van der Waals surface area contributed by atoms with Crippen LogP contribution in [-0.4, -0.2) is 18.2 Å². The van der Waals surface area contributed by atoms with Gasteiger partial charge in [-0.2, -0.15) is 0 Å². The van der Waals surface area contributed by atoms with Gasteiger partial charge in [0.05, 0.1) is 5.02 Å². The number of hydrogen-bond donors (Lipinski definition) is 3. The maximum Gasteiger partial charge on any atom is 0.173 e. The second-order valence-electron chi connectivity index (χ2n) is 5.02. The fraction of sp³-hybridized carbons (Fsp3) is 0.357. The summed E-state index contributed by atoms with van der Waals surface area (Å²) in [6, 6.07) is 6.52. The first-order valence-electron chi connectivity index (χ1n) is 6.47. The summed E-state index contributed by atoms with van der Waals surface area (Å²) in [4.78, 5) is 4.34. The molecule has 1 aliphatic heterocycles. The molecular weight excluding hydrogens is 260 g/mol. The number of nitrogens with zero attached hydrogens (tertiary/aromatic N) is 1. The fourth-order valence-electron chi connectivity index (χ4n) is 2.08. The highest BCUT2D eigenvalue weighted by Gasteiger charge is 2.24. The molecule has 4 N–H and O–H groups in total. The van der Waals surface area contributed by atoms with Crippen molar-refractivity contribution in [3.05, 3.63) is 40.4 Å². The Kier molecular flexibility index (Phi) is 3.21. The van der Waals surface area contributed by atoms with Crippen molar-refractivity contribution in [3.8, 4) is 0 Å². The van der Waals surface area contributed by atoms with Gasteiger partial charge in [-0.25, -0.2) is 4.99 Å². The molecule has 1 heterocycles. The Morgan fingerprint density at radius 1 is 1.42 bits per heavy atom. The van der Waals surface area contributed by atoms with Crippen LogP contribution in [0.3, 0.4) is 0 Å². The van der Waals surface area contributed by atoms with Crippen LogP contribution in [0, 0.1) is 6.92 Å². The van der Waals surface area contributed by atoms with Gasteiger partial charge in [-0.1, -0.05) is 29.8 Å². The molecule has 0 amide bonds. The maximum atomic E-state index is 6.36. The van der Waals surface area contributed by atoms with E-state index in [1.165, 1.54) is 12.8 Å². The molecule has 0 bridgehead atoms. The second-order valence-corrected chi connectivity index (χ2v) is 5.39. The number of nitrogens with one attached hydrogen (secondary N) is 2. The molecule has 2 aliphatic rings. The summed E-state index contributed by atoms with van der Waals surface area (Å²) in [6.45, 7) is 1.99. The van der Waals surface area contributed by atoms with Crippen molar-refractivity contribution in [2.45, 2.75) is 32.1 Å². The van der Waals surface area contributed by atoms with Crippen LogP contribution in [0.5, 0.6) is 0 Å². The van der Waals surface area contributed by atoms with E-state index in [1.54, 1.807) is 0 Å². The highest BCUT2D eigenvalue weighted by molar-refractivity contribution is 6.33. The number of nitrogens with two attached hydrogens (primary N) is 1. The third-order valence-electron chi connectivity index (χ3n) is 3.27. The Morgan fingerprint density at radius 3 is 2.95 bits per heavy atom. The lowest BCUT2D eigenvalue weighted by molar-refractivity contribution is 0.641. The molecule has 1 fully saturated rings. The van der Waals surface area contributed by atoms with Crippen LogP contribution >= 0.6 is 11.6 Å². The third-order valence-corrected chi connectivity index (χ3v) is 3.78. The zero-order valence-electron chi connectivity index (χ0n) is 10.8. The number of hydrogen-bond acceptors (Lipinski definition) is 4. The summed E-state index contributed by atoms with van der Waals surface area (Å²) < 4.78 is 0. The van der Waals surface area contributed by atoms with Gasteiger partial charge in [-0.05, 0) is 25.3 Å². The molecular formula is C14H17ClN4. The molecule has 19 heavy (non-hydrogen) atoms. The molecule has 1 aromatic rings. The first kappa shape index (κ1) is 12.5. The van der Waals surface area contributed by atoms with E-state index in [4.69, 9.17) is 17.3 Å². The molecule has 100 valence electrons. The SMILES string of the molecule is Cc1cccc(C2=CC(NC3CC3)=NC(N)N2)c1Cl. The standard InChI is InChI=1S/C14H17ClN4/c1-8-3-2-4-10(13(8)15)11-7-12(17-9-5-6-9)19-14(16)18-11/h2-4,7,9,14,18H,5-6,16H2,1H3,(H,17,19). The van der Waals surface area contributed by atoms with Crippen LogP contribution in [0.4, 0.5) is 0 Å². The van der Waals surface area contributed by atoms with E-state index in [2.05, 4.69) is 15.6 Å². The predicted octanol–water partition coefficient (Wildman–Crippen LogP) is 1.99. The fourth-order valence-corrected chi connectivity index (χ4v) is 2.31. The normalized spacial score (nSPS) is 22.4. The molecule has 1 saturated carbocycles. The topological polar surface area (TPSA) is 62.4 Å². The van der Waals surface area contributed by atoms with Crippen LogP contribution in [-0.2, 0) is 0 Å². The van der Waals surface area contributed by atoms with Gasteiger partial charge in [-0.15, -0.1) is 0 Å². The molecule has 3 rings (SSSR count). The lowest BCUT2D eigenvalue weighted by atomic mass is 10.1. The van der Waals surface area contributed by atoms with Crippen LogP contribution < -0.4 is 16.4 Å². The van der Waals surface area contributed by atoms with Crippen molar-refractivity contribution in [2.75, 3.05) is 0 Å². The predicted molar refractivity (Wildman–Crippen MR) is 78.9 cm³/mol. The molecule has 1 unspecified atom stereocenters. The van der Waals surface area contributed by atoms with Gasteiger partial charge in [0, 0.05) is 23.4 Å². The van der Waals surface area contributed by atoms with E-state index >= 15 is 0 Å². The first-order chi connectivity index (χ1) is 9.13. The Balaban J connectivity index is 1.92. The lowest BCUT2D eigenvalue weighted by Crippen LogP contribution is -2.41. The first-order valence-corrected chi connectivity index (χ1v) is 6.85. The number of aliphatic imine (C=N–C) groups is 1. The van der Waals surface area contributed by atoms with Crippen LogP contribution in [0.15, 0.2) is 29.3 Å². The average Bonchev–Trinajstić information content (AvgIpc) is 3.16. The van der Waals surface area contributed by atoms with Crippen molar-refractivity contribution < 1.29 is 0 Å². The smallest absolute Gasteiger partial charge is 0.173 e. The van der Waals surface area contributed by atoms with E-state index in [0.717, 1.165) is 27.7 Å². The van der Waals surface area contributed by atoms with Gasteiger partial charge in [0.2, 0.25) is 0 Å². The molecule has 1 atom stereocenters. The Bertz CT molecular complexity index is 561. The van der Waals surface area contributed by atoms with E-state index in [-0.39, 0.29) is 0 Å². The zero-order valence-corrected chi connectivity index (χ0v) is 11.5. The number of rotatable bonds is 2. The van der Waals surface area contributed by atoms with Crippen LogP contribution in [0.25, 0.3) is 5.70 Å². The molecule has 0 saturated heterocycles. The number of halogens is 1. The minimum absolute atomic E-state index is 0.433. The van der Waals surface area contributed by atoms with Crippen LogP contribution in [0.2, 0.25) is 5.02 Å². The van der Waals surface area contributed by atoms with Gasteiger partial charge in [0.25, 0.3) is 0 Å². The second kappa shape index (κ2) is 4.87. The maximum absolute atomic E-state index is 6.36. The largest absolute Gasteiger partial charge is 0.367 e. The summed E-state index contributed by atoms with van der Waals surface area (Å²) in [7, 11) is 0. The van der Waals surface area contributed by atoms with Gasteiger partial charge in [-0.3, -0.25) is 5.73 Å². The van der Waals surface area contributed by atoms with Gasteiger partial charge >= 0.3 is 0 Å². The summed E-state index contributed by atoms with van der Waals surface area (Å²) in [6.07, 6.45) is 3.95. The minimum atomic E-state index is -0.433. The minimum Gasteiger partial charge on any atom is -0.367 e. The van der Waals surface area contributed by atoms with Gasteiger partial charge in [0.15, 0.2) is 6.29 Å². The number of aryl methyl sites for hydroxylation is 1. The van der Waals surface area contributed by atoms with E-state index in [9.17, 15) is 0 Å². The molecule has 1 aliphatic carbocycles. The van der Waals surface area contributed by atoms with Crippen molar-refractivity contribution in [1.82, 2.24) is 10.6 Å². The Hall–Kier alpha value is -1.52. The molecule has 0 spiro atoms. The van der Waals surface area contributed by atoms with Crippen molar-refractivity contribution in [1.29, 1.82) is 0 Å². The van der Waals surface area contributed by atoms with E-state index in [1.807, 2.05) is 31.2 Å². The summed E-state index contributed by atoms with van der Waals surface area (Å²) in [5, 5.41) is 7.27. The highest BCUT2D eigenvalue weighted by Crippen LogP contribution is 2.27. The van der Waals surface area contributed by atoms with Crippen molar-refractivity contribution in [3.63, 3.8) is 0 Å². The zero-order chi connectivity index (χ0) is 13.4. The number of amidine groups is 1. The van der Waals surface area contributed by atoms with Gasteiger partial charge in [0.1, 0.15) is 5.84 Å². The molecule has 1 aromatic carbocycles. The molecule has 5 heteroatoms. The van der Waals surface area contributed by atoms with Gasteiger partial charge < -0.3 is 10.6 Å². The molecule has 4 nitrogen and oxygen atoms in total. The third kappa shape index (κ3) is 2.74.